The van der Waals surface area contributed by atoms with Gasteiger partial charge < -0.3 is 15.5 Å². The van der Waals surface area contributed by atoms with Crippen LogP contribution in [0.15, 0.2) is 48.9 Å². The highest BCUT2D eigenvalue weighted by Crippen LogP contribution is 2.33. The van der Waals surface area contributed by atoms with Gasteiger partial charge in [-0.3, -0.25) is 0 Å². The minimum absolute atomic E-state index is 0.331. The largest absolute Gasteiger partial charge is 0.350 e. The molecule has 2 N–H and O–H groups in total. The van der Waals surface area contributed by atoms with Gasteiger partial charge in [0.2, 0.25) is 11.9 Å². The van der Waals surface area contributed by atoms with Crippen LogP contribution < -0.4 is 15.5 Å². The second-order valence-electron chi connectivity index (χ2n) is 9.71. The lowest BCUT2D eigenvalue weighted by Gasteiger charge is -2.48. The van der Waals surface area contributed by atoms with E-state index in [-0.39, 0.29) is 0 Å². The molecule has 2 saturated heterocycles. The number of rotatable bonds is 6. The molecule has 6 rings (SSSR count). The van der Waals surface area contributed by atoms with Crippen molar-refractivity contribution in [3.63, 3.8) is 0 Å². The Morgan fingerprint density at radius 3 is 2.59 bits per heavy atom. The number of para-hydroxylation sites is 1. The molecular formula is C25H31N9. The molecule has 176 valence electrons. The highest BCUT2D eigenvalue weighted by Gasteiger charge is 2.39. The zero-order chi connectivity index (χ0) is 23.1. The van der Waals surface area contributed by atoms with Gasteiger partial charge in [-0.2, -0.15) is 24.7 Å². The zero-order valence-electron chi connectivity index (χ0n) is 19.8. The molecule has 3 aromatic heterocycles. The fourth-order valence-corrected chi connectivity index (χ4v) is 5.06. The number of fused-ring (bicyclic) bond motifs is 1. The van der Waals surface area contributed by atoms with E-state index in [1.165, 1.54) is 6.42 Å². The molecule has 2 fully saturated rings. The smallest absolute Gasteiger partial charge is 0.230 e. The van der Waals surface area contributed by atoms with Crippen LogP contribution in [0.4, 0.5) is 11.9 Å². The summed E-state index contributed by atoms with van der Waals surface area (Å²) in [6, 6.07) is 10.2. The average Bonchev–Trinajstić information content (AvgIpc) is 3.52. The van der Waals surface area contributed by atoms with E-state index in [0.717, 1.165) is 60.9 Å². The molecule has 2 aliphatic heterocycles. The Bertz CT molecular complexity index is 1280. The number of piperidine rings is 1. The Kier molecular flexibility index (Phi) is 5.21. The van der Waals surface area contributed by atoms with Crippen molar-refractivity contribution in [1.82, 2.24) is 34.7 Å². The van der Waals surface area contributed by atoms with Crippen molar-refractivity contribution in [2.24, 2.45) is 0 Å². The van der Waals surface area contributed by atoms with Gasteiger partial charge >= 0.3 is 0 Å². The van der Waals surface area contributed by atoms with Crippen LogP contribution in [0, 0.1) is 0 Å². The van der Waals surface area contributed by atoms with Gasteiger partial charge in [0, 0.05) is 43.1 Å². The highest BCUT2D eigenvalue weighted by molar-refractivity contribution is 5.57. The van der Waals surface area contributed by atoms with Gasteiger partial charge in [0.05, 0.1) is 11.9 Å². The Morgan fingerprint density at radius 1 is 1.06 bits per heavy atom. The van der Waals surface area contributed by atoms with Crippen molar-refractivity contribution in [3.8, 4) is 5.69 Å². The van der Waals surface area contributed by atoms with E-state index in [1.807, 2.05) is 39.8 Å². The van der Waals surface area contributed by atoms with E-state index < -0.39 is 0 Å². The number of hydrogen-bond acceptors (Lipinski definition) is 7. The first kappa shape index (κ1) is 21.1. The van der Waals surface area contributed by atoms with Crippen molar-refractivity contribution in [1.29, 1.82) is 0 Å². The first-order valence-electron chi connectivity index (χ1n) is 12.2. The van der Waals surface area contributed by atoms with Crippen LogP contribution in [-0.4, -0.2) is 54.5 Å². The summed E-state index contributed by atoms with van der Waals surface area (Å²) in [5.74, 6) is 1.83. The van der Waals surface area contributed by atoms with Crippen LogP contribution in [0.25, 0.3) is 11.3 Å². The predicted octanol–water partition coefficient (Wildman–Crippen LogP) is 3.38. The molecule has 1 aromatic carbocycles. The van der Waals surface area contributed by atoms with Crippen molar-refractivity contribution in [2.45, 2.75) is 51.1 Å². The van der Waals surface area contributed by atoms with Gasteiger partial charge in [-0.05, 0) is 49.4 Å². The van der Waals surface area contributed by atoms with E-state index in [2.05, 4.69) is 51.7 Å². The van der Waals surface area contributed by atoms with Gasteiger partial charge in [-0.1, -0.05) is 32.0 Å². The van der Waals surface area contributed by atoms with Crippen LogP contribution in [-0.2, 0) is 6.54 Å². The quantitative estimate of drug-likeness (QED) is 0.459. The monoisotopic (exact) mass is 457 g/mol. The zero-order valence-corrected chi connectivity index (χ0v) is 19.8. The first-order chi connectivity index (χ1) is 16.6. The fraction of sp³-hybridized carbons (Fsp3) is 0.440. The number of aromatic nitrogens is 6. The SMILES string of the molecule is CC(C)c1cnn2c(NCc3ccccc3-n3cccn3)nc(N3CCC4(CCN4)CC3)nc12. The molecule has 0 saturated carbocycles. The lowest BCUT2D eigenvalue weighted by Crippen LogP contribution is -2.62. The van der Waals surface area contributed by atoms with E-state index >= 15 is 0 Å². The molecule has 0 atom stereocenters. The van der Waals surface area contributed by atoms with E-state index in [1.54, 1.807) is 6.20 Å². The summed E-state index contributed by atoms with van der Waals surface area (Å²) < 4.78 is 3.73. The van der Waals surface area contributed by atoms with E-state index in [9.17, 15) is 0 Å². The van der Waals surface area contributed by atoms with Crippen molar-refractivity contribution < 1.29 is 0 Å². The van der Waals surface area contributed by atoms with Gasteiger partial charge in [0.25, 0.3) is 0 Å². The number of anilines is 2. The normalized spacial score (nSPS) is 17.4. The molecule has 0 unspecified atom stereocenters. The molecule has 0 aliphatic carbocycles. The second-order valence-corrected chi connectivity index (χ2v) is 9.71. The summed E-state index contributed by atoms with van der Waals surface area (Å²) in [7, 11) is 0. The molecular weight excluding hydrogens is 426 g/mol. The number of nitrogens with one attached hydrogen (secondary N) is 2. The average molecular weight is 458 g/mol. The van der Waals surface area contributed by atoms with Gasteiger partial charge in [0.15, 0.2) is 5.65 Å². The molecule has 0 radical (unpaired) electrons. The maximum absolute atomic E-state index is 4.99. The molecule has 1 spiro atoms. The standard InChI is InChI=1S/C25H31N9/c1-18(2)20-17-29-34-22(20)30-24(32-14-9-25(10-15-32)8-12-27-25)31-23(34)26-16-19-6-3-4-7-21(19)33-13-5-11-28-33/h3-7,11,13,17-18,27H,8-10,12,14-16H2,1-2H3,(H,26,30,31). The maximum Gasteiger partial charge on any atom is 0.230 e. The Balaban J connectivity index is 1.32. The molecule has 9 nitrogen and oxygen atoms in total. The van der Waals surface area contributed by atoms with Crippen LogP contribution in [0.2, 0.25) is 0 Å². The fourth-order valence-electron chi connectivity index (χ4n) is 5.06. The van der Waals surface area contributed by atoms with Crippen molar-refractivity contribution >= 4 is 17.5 Å². The van der Waals surface area contributed by atoms with E-state index in [4.69, 9.17) is 9.97 Å². The van der Waals surface area contributed by atoms with Crippen molar-refractivity contribution in [3.05, 3.63) is 60.0 Å². The number of nitrogens with zero attached hydrogens (tertiary/aromatic N) is 7. The molecule has 4 aromatic rings. The Hall–Kier alpha value is -3.46. The van der Waals surface area contributed by atoms with Gasteiger partial charge in [-0.25, -0.2) is 4.68 Å². The Morgan fingerprint density at radius 2 is 1.88 bits per heavy atom. The summed E-state index contributed by atoms with van der Waals surface area (Å²) in [5.41, 5.74) is 4.54. The third kappa shape index (κ3) is 3.69. The van der Waals surface area contributed by atoms with Gasteiger partial charge in [-0.15, -0.1) is 0 Å². The second kappa shape index (κ2) is 8.39. The number of hydrogen-bond donors (Lipinski definition) is 2. The maximum atomic E-state index is 4.99. The van der Waals surface area contributed by atoms with Gasteiger partial charge in [0.1, 0.15) is 0 Å². The summed E-state index contributed by atoms with van der Waals surface area (Å²) in [4.78, 5) is 12.3. The third-order valence-corrected chi connectivity index (χ3v) is 7.29. The van der Waals surface area contributed by atoms with Crippen LogP contribution in [0.5, 0.6) is 0 Å². The van der Waals surface area contributed by atoms with Crippen molar-refractivity contribution in [2.75, 3.05) is 29.9 Å². The Labute approximate surface area is 199 Å². The topological polar surface area (TPSA) is 88.2 Å². The van der Waals surface area contributed by atoms with E-state index in [0.29, 0.717) is 23.9 Å². The third-order valence-electron chi connectivity index (χ3n) is 7.29. The summed E-state index contributed by atoms with van der Waals surface area (Å²) in [6.45, 7) is 8.04. The van der Waals surface area contributed by atoms with Crippen LogP contribution >= 0.6 is 0 Å². The first-order valence-corrected chi connectivity index (χ1v) is 12.2. The molecule has 5 heterocycles. The summed E-state index contributed by atoms with van der Waals surface area (Å²) >= 11 is 0. The van der Waals surface area contributed by atoms with Crippen LogP contribution in [0.1, 0.15) is 50.2 Å². The minimum Gasteiger partial charge on any atom is -0.350 e. The molecule has 0 amide bonds. The highest BCUT2D eigenvalue weighted by atomic mass is 15.4. The predicted molar refractivity (Wildman–Crippen MR) is 133 cm³/mol. The summed E-state index contributed by atoms with van der Waals surface area (Å²) in [5, 5.41) is 16.2. The number of benzene rings is 1. The van der Waals surface area contributed by atoms with Crippen LogP contribution in [0.3, 0.4) is 0 Å². The molecule has 34 heavy (non-hydrogen) atoms. The minimum atomic E-state index is 0.331. The lowest BCUT2D eigenvalue weighted by molar-refractivity contribution is 0.163. The summed E-state index contributed by atoms with van der Waals surface area (Å²) in [6.07, 6.45) is 9.23. The molecule has 9 heteroatoms. The molecule has 0 bridgehead atoms. The lowest BCUT2D eigenvalue weighted by atomic mass is 9.79. The molecule has 2 aliphatic rings.